The number of hydrogen-bond donors (Lipinski definition) is 2. The van der Waals surface area contributed by atoms with Gasteiger partial charge in [0.05, 0.1) is 11.0 Å². The molecule has 2 aromatic rings. The van der Waals surface area contributed by atoms with Gasteiger partial charge in [0.2, 0.25) is 5.95 Å². The van der Waals surface area contributed by atoms with E-state index in [1.54, 1.807) is 6.07 Å². The maximum absolute atomic E-state index is 13.2. The first-order chi connectivity index (χ1) is 9.17. The van der Waals surface area contributed by atoms with Gasteiger partial charge < -0.3 is 15.6 Å². The molecule has 1 aromatic carbocycles. The summed E-state index contributed by atoms with van der Waals surface area (Å²) in [4.78, 5) is 9.95. The van der Waals surface area contributed by atoms with Crippen LogP contribution in [-0.4, -0.2) is 29.6 Å². The van der Waals surface area contributed by atoms with Crippen molar-refractivity contribution in [1.29, 1.82) is 0 Å². The SMILES string of the molecule is CC1CCN(c2nc3ccc(F)cc3[nH]2)CC1CN. The van der Waals surface area contributed by atoms with Gasteiger partial charge in [0.1, 0.15) is 5.82 Å². The molecule has 2 unspecified atom stereocenters. The maximum Gasteiger partial charge on any atom is 0.203 e. The second-order valence-electron chi connectivity index (χ2n) is 5.43. The first kappa shape index (κ1) is 12.4. The Kier molecular flexibility index (Phi) is 3.14. The molecule has 1 aliphatic heterocycles. The Hall–Kier alpha value is -1.62. The summed E-state index contributed by atoms with van der Waals surface area (Å²) in [5.41, 5.74) is 7.38. The van der Waals surface area contributed by atoms with E-state index < -0.39 is 0 Å². The summed E-state index contributed by atoms with van der Waals surface area (Å²) in [5, 5.41) is 0. The van der Waals surface area contributed by atoms with Crippen LogP contribution < -0.4 is 10.6 Å². The number of aromatic amines is 1. The molecule has 0 spiro atoms. The van der Waals surface area contributed by atoms with Crippen LogP contribution in [0.2, 0.25) is 0 Å². The number of benzene rings is 1. The van der Waals surface area contributed by atoms with Crippen LogP contribution in [0.5, 0.6) is 0 Å². The predicted octanol–water partition coefficient (Wildman–Crippen LogP) is 2.12. The van der Waals surface area contributed by atoms with Crippen molar-refractivity contribution in [2.75, 3.05) is 24.5 Å². The number of hydrogen-bond acceptors (Lipinski definition) is 3. The molecule has 0 aliphatic carbocycles. The molecule has 102 valence electrons. The third-order valence-corrected chi connectivity index (χ3v) is 4.15. The number of H-pyrrole nitrogens is 1. The summed E-state index contributed by atoms with van der Waals surface area (Å²) in [5.74, 6) is 1.74. The fourth-order valence-corrected chi connectivity index (χ4v) is 2.77. The highest BCUT2D eigenvalue weighted by atomic mass is 19.1. The number of nitrogens with two attached hydrogens (primary N) is 1. The number of piperidine rings is 1. The van der Waals surface area contributed by atoms with Gasteiger partial charge in [-0.3, -0.25) is 0 Å². The van der Waals surface area contributed by atoms with Crippen LogP contribution in [0.4, 0.5) is 10.3 Å². The summed E-state index contributed by atoms with van der Waals surface area (Å²) < 4.78 is 13.2. The Labute approximate surface area is 111 Å². The quantitative estimate of drug-likeness (QED) is 0.871. The predicted molar refractivity (Wildman–Crippen MR) is 74.6 cm³/mol. The lowest BCUT2D eigenvalue weighted by atomic mass is 9.87. The lowest BCUT2D eigenvalue weighted by Gasteiger charge is -2.36. The van der Waals surface area contributed by atoms with Gasteiger partial charge in [0.15, 0.2) is 0 Å². The van der Waals surface area contributed by atoms with Crippen molar-refractivity contribution in [1.82, 2.24) is 9.97 Å². The van der Waals surface area contributed by atoms with Crippen LogP contribution in [0.3, 0.4) is 0 Å². The zero-order valence-electron chi connectivity index (χ0n) is 11.1. The minimum atomic E-state index is -0.241. The number of rotatable bonds is 2. The molecule has 1 aromatic heterocycles. The average Bonchev–Trinajstić information content (AvgIpc) is 2.82. The molecule has 3 rings (SSSR count). The zero-order valence-corrected chi connectivity index (χ0v) is 11.1. The van der Waals surface area contributed by atoms with E-state index in [0.29, 0.717) is 18.4 Å². The highest BCUT2D eigenvalue weighted by Crippen LogP contribution is 2.26. The number of nitrogens with one attached hydrogen (secondary N) is 1. The second kappa shape index (κ2) is 4.81. The molecule has 1 aliphatic rings. The zero-order chi connectivity index (χ0) is 13.4. The van der Waals surface area contributed by atoms with Crippen LogP contribution >= 0.6 is 0 Å². The minimum Gasteiger partial charge on any atom is -0.342 e. The molecule has 0 bridgehead atoms. The molecule has 4 nitrogen and oxygen atoms in total. The van der Waals surface area contributed by atoms with Crippen LogP contribution in [0.15, 0.2) is 18.2 Å². The van der Waals surface area contributed by atoms with Gasteiger partial charge in [0.25, 0.3) is 0 Å². The Bertz CT molecular complexity index is 580. The molecule has 1 fully saturated rings. The Morgan fingerprint density at radius 2 is 2.37 bits per heavy atom. The summed E-state index contributed by atoms with van der Waals surface area (Å²) in [6.07, 6.45) is 1.12. The Morgan fingerprint density at radius 3 is 3.16 bits per heavy atom. The number of halogens is 1. The summed E-state index contributed by atoms with van der Waals surface area (Å²) in [6, 6.07) is 4.63. The molecule has 1 saturated heterocycles. The molecule has 19 heavy (non-hydrogen) atoms. The largest absolute Gasteiger partial charge is 0.342 e. The molecular weight excluding hydrogens is 243 g/mol. The lowest BCUT2D eigenvalue weighted by Crippen LogP contribution is -2.43. The van der Waals surface area contributed by atoms with E-state index in [1.807, 2.05) is 0 Å². The third-order valence-electron chi connectivity index (χ3n) is 4.15. The van der Waals surface area contributed by atoms with Crippen LogP contribution in [0.25, 0.3) is 11.0 Å². The van der Waals surface area contributed by atoms with E-state index in [9.17, 15) is 4.39 Å². The van der Waals surface area contributed by atoms with Crippen molar-refractivity contribution in [3.8, 4) is 0 Å². The Balaban J connectivity index is 1.87. The third kappa shape index (κ3) is 2.30. The highest BCUT2D eigenvalue weighted by Gasteiger charge is 2.26. The maximum atomic E-state index is 13.2. The van der Waals surface area contributed by atoms with Crippen molar-refractivity contribution < 1.29 is 4.39 Å². The van der Waals surface area contributed by atoms with Crippen molar-refractivity contribution in [3.63, 3.8) is 0 Å². The monoisotopic (exact) mass is 262 g/mol. The molecule has 3 N–H and O–H groups in total. The van der Waals surface area contributed by atoms with E-state index in [-0.39, 0.29) is 5.82 Å². The molecule has 0 radical (unpaired) electrons. The fraction of sp³-hybridized carbons (Fsp3) is 0.500. The number of fused-ring (bicyclic) bond motifs is 1. The van der Waals surface area contributed by atoms with E-state index in [4.69, 9.17) is 5.73 Å². The smallest absolute Gasteiger partial charge is 0.203 e. The topological polar surface area (TPSA) is 57.9 Å². The van der Waals surface area contributed by atoms with Gasteiger partial charge >= 0.3 is 0 Å². The van der Waals surface area contributed by atoms with E-state index in [1.165, 1.54) is 12.1 Å². The van der Waals surface area contributed by atoms with E-state index in [0.717, 1.165) is 36.5 Å². The molecule has 0 amide bonds. The molecular formula is C14H19FN4. The summed E-state index contributed by atoms with van der Waals surface area (Å²) in [6.45, 7) is 4.84. The molecule has 5 heteroatoms. The molecule has 2 atom stereocenters. The standard InChI is InChI=1S/C14H19FN4/c1-9-4-5-19(8-10(9)7-16)14-17-12-3-2-11(15)6-13(12)18-14/h2-3,6,9-10H,4-5,7-8,16H2,1H3,(H,17,18). The van der Waals surface area contributed by atoms with Gasteiger partial charge in [-0.15, -0.1) is 0 Å². The first-order valence-electron chi connectivity index (χ1n) is 6.77. The van der Waals surface area contributed by atoms with Crippen molar-refractivity contribution in [2.45, 2.75) is 13.3 Å². The number of aromatic nitrogens is 2. The van der Waals surface area contributed by atoms with Crippen molar-refractivity contribution in [2.24, 2.45) is 17.6 Å². The van der Waals surface area contributed by atoms with Crippen molar-refractivity contribution in [3.05, 3.63) is 24.0 Å². The average molecular weight is 262 g/mol. The van der Waals surface area contributed by atoms with E-state index in [2.05, 4.69) is 21.8 Å². The second-order valence-corrected chi connectivity index (χ2v) is 5.43. The fourth-order valence-electron chi connectivity index (χ4n) is 2.77. The van der Waals surface area contributed by atoms with Gasteiger partial charge in [0, 0.05) is 13.1 Å². The normalized spacial score (nSPS) is 24.1. The minimum absolute atomic E-state index is 0.241. The number of nitrogens with zero attached hydrogens (tertiary/aromatic N) is 2. The van der Waals surface area contributed by atoms with Crippen LogP contribution in [0, 0.1) is 17.7 Å². The van der Waals surface area contributed by atoms with Crippen molar-refractivity contribution >= 4 is 17.0 Å². The van der Waals surface area contributed by atoms with Gasteiger partial charge in [-0.2, -0.15) is 0 Å². The number of imidazole rings is 1. The van der Waals surface area contributed by atoms with Gasteiger partial charge in [-0.05, 0) is 43.0 Å². The lowest BCUT2D eigenvalue weighted by molar-refractivity contribution is 0.306. The van der Waals surface area contributed by atoms with Crippen LogP contribution in [0.1, 0.15) is 13.3 Å². The van der Waals surface area contributed by atoms with E-state index >= 15 is 0 Å². The Morgan fingerprint density at radius 1 is 1.53 bits per heavy atom. The number of anilines is 1. The summed E-state index contributed by atoms with van der Waals surface area (Å²) >= 11 is 0. The van der Waals surface area contributed by atoms with Crippen LogP contribution in [-0.2, 0) is 0 Å². The summed E-state index contributed by atoms with van der Waals surface area (Å²) in [7, 11) is 0. The highest BCUT2D eigenvalue weighted by molar-refractivity contribution is 5.77. The first-order valence-corrected chi connectivity index (χ1v) is 6.77. The molecule has 2 heterocycles. The van der Waals surface area contributed by atoms with Gasteiger partial charge in [-0.1, -0.05) is 6.92 Å². The van der Waals surface area contributed by atoms with Gasteiger partial charge in [-0.25, -0.2) is 9.37 Å². The molecule has 0 saturated carbocycles.